The van der Waals surface area contributed by atoms with E-state index in [1.807, 2.05) is 6.92 Å². The molecule has 1 aromatic rings. The first-order valence-corrected chi connectivity index (χ1v) is 5.62. The van der Waals surface area contributed by atoms with Crippen LogP contribution in [0.4, 0.5) is 0 Å². The third-order valence-electron chi connectivity index (χ3n) is 2.99. The summed E-state index contributed by atoms with van der Waals surface area (Å²) in [6.45, 7) is 2.05. The minimum absolute atomic E-state index is 0.165. The largest absolute Gasteiger partial charge is 0.496 e. The first-order chi connectivity index (χ1) is 8.63. The van der Waals surface area contributed by atoms with Crippen molar-refractivity contribution in [1.29, 1.82) is 0 Å². The lowest BCUT2D eigenvalue weighted by Gasteiger charge is -2.13. The van der Waals surface area contributed by atoms with Crippen molar-refractivity contribution in [3.8, 4) is 5.75 Å². The fraction of sp³-hybridized carbons (Fsp3) is 0.385. The Hall–Kier alpha value is -2.04. The summed E-state index contributed by atoms with van der Waals surface area (Å²) in [5.41, 5.74) is 2.17. The van der Waals surface area contributed by atoms with Gasteiger partial charge in [0.1, 0.15) is 17.9 Å². The number of rotatable bonds is 3. The van der Waals surface area contributed by atoms with Crippen LogP contribution in [0.3, 0.4) is 0 Å². The molecule has 5 heteroatoms. The van der Waals surface area contributed by atoms with Crippen LogP contribution in [0, 0.1) is 0 Å². The van der Waals surface area contributed by atoms with E-state index in [9.17, 15) is 9.59 Å². The summed E-state index contributed by atoms with van der Waals surface area (Å²) in [4.78, 5) is 23.4. The number of cyclic esters (lactones) is 1. The Bertz CT molecular complexity index is 519. The van der Waals surface area contributed by atoms with Gasteiger partial charge in [0.05, 0.1) is 19.8 Å². The molecular formula is C13H14O5. The second-order valence-corrected chi connectivity index (χ2v) is 3.89. The molecule has 1 aliphatic rings. The second kappa shape index (κ2) is 4.68. The molecule has 1 aliphatic heterocycles. The van der Waals surface area contributed by atoms with Crippen LogP contribution < -0.4 is 4.74 Å². The van der Waals surface area contributed by atoms with Crippen LogP contribution in [-0.2, 0) is 22.5 Å². The predicted octanol–water partition coefficient (Wildman–Crippen LogP) is 1.71. The zero-order chi connectivity index (χ0) is 13.3. The molecule has 5 nitrogen and oxygen atoms in total. The fourth-order valence-corrected chi connectivity index (χ4v) is 2.17. The number of esters is 2. The Morgan fingerprint density at radius 3 is 2.72 bits per heavy atom. The van der Waals surface area contributed by atoms with Crippen LogP contribution in [0.1, 0.15) is 38.8 Å². The van der Waals surface area contributed by atoms with Crippen molar-refractivity contribution in [2.45, 2.75) is 20.0 Å². The summed E-state index contributed by atoms with van der Waals surface area (Å²) < 4.78 is 15.0. The van der Waals surface area contributed by atoms with Gasteiger partial charge >= 0.3 is 11.9 Å². The molecule has 96 valence electrons. The van der Waals surface area contributed by atoms with E-state index >= 15 is 0 Å². The Morgan fingerprint density at radius 2 is 2.17 bits per heavy atom. The van der Waals surface area contributed by atoms with E-state index in [1.54, 1.807) is 6.07 Å². The predicted molar refractivity (Wildman–Crippen MR) is 62.8 cm³/mol. The van der Waals surface area contributed by atoms with E-state index in [0.29, 0.717) is 34.4 Å². The molecule has 0 unspecified atom stereocenters. The highest BCUT2D eigenvalue weighted by Crippen LogP contribution is 2.35. The van der Waals surface area contributed by atoms with Crippen LogP contribution in [-0.4, -0.2) is 26.2 Å². The minimum atomic E-state index is -0.438. The molecule has 0 spiro atoms. The Labute approximate surface area is 105 Å². The van der Waals surface area contributed by atoms with E-state index in [0.717, 1.165) is 0 Å². The van der Waals surface area contributed by atoms with Gasteiger partial charge in [-0.05, 0) is 12.5 Å². The maximum atomic E-state index is 11.7. The number of hydrogen-bond donors (Lipinski definition) is 0. The van der Waals surface area contributed by atoms with Crippen molar-refractivity contribution in [3.05, 3.63) is 28.3 Å². The van der Waals surface area contributed by atoms with Crippen molar-refractivity contribution in [2.24, 2.45) is 0 Å². The summed E-state index contributed by atoms with van der Waals surface area (Å²) in [6.07, 6.45) is 0.564. The smallest absolute Gasteiger partial charge is 0.342 e. The second-order valence-electron chi connectivity index (χ2n) is 3.89. The maximum Gasteiger partial charge on any atom is 0.342 e. The van der Waals surface area contributed by atoms with Gasteiger partial charge in [-0.3, -0.25) is 0 Å². The summed E-state index contributed by atoms with van der Waals surface area (Å²) in [6, 6.07) is 1.65. The van der Waals surface area contributed by atoms with Crippen molar-refractivity contribution >= 4 is 11.9 Å². The van der Waals surface area contributed by atoms with Gasteiger partial charge in [-0.25, -0.2) is 9.59 Å². The Morgan fingerprint density at radius 1 is 1.44 bits per heavy atom. The third kappa shape index (κ3) is 1.72. The molecular weight excluding hydrogens is 236 g/mol. The standard InChI is InChI=1S/C13H14O5/c1-4-8-9(12(14)17-3)5-7-6-18-13(15)10(7)11(8)16-2/h5H,4,6H2,1-3H3. The monoisotopic (exact) mass is 250 g/mol. The molecule has 0 saturated carbocycles. The minimum Gasteiger partial charge on any atom is -0.496 e. The average Bonchev–Trinajstić information content (AvgIpc) is 2.77. The van der Waals surface area contributed by atoms with Gasteiger partial charge in [-0.1, -0.05) is 6.92 Å². The Balaban J connectivity index is 2.71. The van der Waals surface area contributed by atoms with Gasteiger partial charge < -0.3 is 14.2 Å². The molecule has 2 rings (SSSR count). The number of hydrogen-bond acceptors (Lipinski definition) is 5. The van der Waals surface area contributed by atoms with Gasteiger partial charge in [0.25, 0.3) is 0 Å². The average molecular weight is 250 g/mol. The zero-order valence-corrected chi connectivity index (χ0v) is 10.5. The molecule has 0 amide bonds. The molecule has 0 saturated heterocycles. The van der Waals surface area contributed by atoms with Crippen LogP contribution in [0.2, 0.25) is 0 Å². The number of ether oxygens (including phenoxy) is 3. The summed E-state index contributed by atoms with van der Waals surface area (Å²) in [5, 5.41) is 0. The van der Waals surface area contributed by atoms with Crippen molar-refractivity contribution < 1.29 is 23.8 Å². The summed E-state index contributed by atoms with van der Waals surface area (Å²) in [7, 11) is 2.80. The lowest BCUT2D eigenvalue weighted by Crippen LogP contribution is -2.10. The van der Waals surface area contributed by atoms with Gasteiger partial charge in [0.15, 0.2) is 0 Å². The lowest BCUT2D eigenvalue weighted by atomic mass is 9.96. The van der Waals surface area contributed by atoms with Crippen LogP contribution >= 0.6 is 0 Å². The van der Waals surface area contributed by atoms with Crippen molar-refractivity contribution in [3.63, 3.8) is 0 Å². The molecule has 1 heterocycles. The number of carbonyl (C=O) groups is 2. The number of methoxy groups -OCH3 is 2. The fourth-order valence-electron chi connectivity index (χ4n) is 2.17. The molecule has 0 aromatic heterocycles. The van der Waals surface area contributed by atoms with Crippen LogP contribution in [0.25, 0.3) is 0 Å². The Kier molecular flexibility index (Phi) is 3.23. The first kappa shape index (κ1) is 12.4. The normalized spacial score (nSPS) is 12.9. The van der Waals surface area contributed by atoms with Gasteiger partial charge in [0.2, 0.25) is 0 Å². The highest BCUT2D eigenvalue weighted by Gasteiger charge is 2.31. The zero-order valence-electron chi connectivity index (χ0n) is 10.5. The van der Waals surface area contributed by atoms with Crippen molar-refractivity contribution in [2.75, 3.05) is 14.2 Å². The van der Waals surface area contributed by atoms with Crippen LogP contribution in [0.5, 0.6) is 5.75 Å². The van der Waals surface area contributed by atoms with E-state index in [2.05, 4.69) is 0 Å². The topological polar surface area (TPSA) is 61.8 Å². The van der Waals surface area contributed by atoms with Crippen molar-refractivity contribution in [1.82, 2.24) is 0 Å². The number of benzene rings is 1. The quantitative estimate of drug-likeness (QED) is 0.764. The van der Waals surface area contributed by atoms with Gasteiger partial charge in [-0.15, -0.1) is 0 Å². The molecule has 18 heavy (non-hydrogen) atoms. The number of fused-ring (bicyclic) bond motifs is 1. The molecule has 1 aromatic carbocycles. The first-order valence-electron chi connectivity index (χ1n) is 5.62. The van der Waals surface area contributed by atoms with E-state index in [4.69, 9.17) is 14.2 Å². The maximum absolute atomic E-state index is 11.7. The SMILES string of the molecule is CCc1c(C(=O)OC)cc2c(c1OC)C(=O)OC2. The van der Waals surface area contributed by atoms with Gasteiger partial charge in [-0.2, -0.15) is 0 Å². The molecule has 0 radical (unpaired) electrons. The third-order valence-corrected chi connectivity index (χ3v) is 2.99. The molecule has 0 aliphatic carbocycles. The highest BCUT2D eigenvalue weighted by molar-refractivity contribution is 6.00. The van der Waals surface area contributed by atoms with E-state index < -0.39 is 11.9 Å². The van der Waals surface area contributed by atoms with E-state index in [1.165, 1.54) is 14.2 Å². The molecule has 0 fully saturated rings. The highest BCUT2D eigenvalue weighted by atomic mass is 16.5. The molecule has 0 atom stereocenters. The van der Waals surface area contributed by atoms with Crippen LogP contribution in [0.15, 0.2) is 6.07 Å². The lowest BCUT2D eigenvalue weighted by molar-refractivity contribution is 0.0532. The van der Waals surface area contributed by atoms with Gasteiger partial charge in [0, 0.05) is 11.1 Å². The molecule has 0 N–H and O–H groups in total. The number of carbonyl (C=O) groups excluding carboxylic acids is 2. The molecule has 0 bridgehead atoms. The van der Waals surface area contributed by atoms with E-state index in [-0.39, 0.29) is 6.61 Å². The summed E-state index contributed by atoms with van der Waals surface area (Å²) in [5.74, 6) is -0.432. The summed E-state index contributed by atoms with van der Waals surface area (Å²) >= 11 is 0.